The summed E-state index contributed by atoms with van der Waals surface area (Å²) < 4.78 is 32.6. The van der Waals surface area contributed by atoms with E-state index in [4.69, 9.17) is 25.3 Å². The molecule has 4 unspecified atom stereocenters. The zero-order valence-electron chi connectivity index (χ0n) is 34.7. The summed E-state index contributed by atoms with van der Waals surface area (Å²) in [7, 11) is -3.87. The second kappa shape index (κ2) is 21.0. The maximum Gasteiger partial charge on any atom is 0.368 e. The number of ether oxygens (including phenoxy) is 1. The Kier molecular flexibility index (Phi) is 14.8. The molecule has 63 heavy (non-hydrogen) atoms. The first kappa shape index (κ1) is 44.5. The number of nitrogens with one attached hydrogen (secondary N) is 1. The van der Waals surface area contributed by atoms with Gasteiger partial charge in [-0.3, -0.25) is 14.2 Å². The number of aliphatic hydroxyl groups is 1. The van der Waals surface area contributed by atoms with Gasteiger partial charge in [0, 0.05) is 23.6 Å². The monoisotopic (exact) mass is 866 g/mol. The van der Waals surface area contributed by atoms with Crippen molar-refractivity contribution < 1.29 is 37.8 Å². The molecule has 324 valence electrons. The fourth-order valence-electron chi connectivity index (χ4n) is 7.88. The molecule has 6 aromatic carbocycles. The van der Waals surface area contributed by atoms with Crippen LogP contribution in [0.25, 0.3) is 0 Å². The lowest BCUT2D eigenvalue weighted by Crippen LogP contribution is -2.66. The van der Waals surface area contributed by atoms with E-state index in [0.29, 0.717) is 35.3 Å². The third kappa shape index (κ3) is 12.1. The lowest BCUT2D eigenvalue weighted by molar-refractivity contribution is -0.00186. The highest BCUT2D eigenvalue weighted by molar-refractivity contribution is 7.53. The molecular formula is C50H51N4O8P. The van der Waals surface area contributed by atoms with Gasteiger partial charge in [0.15, 0.2) is 6.35 Å². The van der Waals surface area contributed by atoms with Crippen LogP contribution in [0.15, 0.2) is 164 Å². The summed E-state index contributed by atoms with van der Waals surface area (Å²) >= 11 is 0. The lowest BCUT2D eigenvalue weighted by atomic mass is 9.78. The molecule has 0 radical (unpaired) electrons. The standard InChI is InChI=1S/C50H51N4O8P/c51-48(56)41-22-10-19-38(27-41)29-44(40-21-12-24-43(30-40)60-34-63(59,61-32-36-15-6-2-7-16-36)62-33-37-17-8-3-9-18-37)46-47(55)45(26-25-35-13-4-1-5-14-35)53-50(58)54(46)31-39-20-11-23-42(28-39)49(52)57/h1-24,27-28,30,44-47,55H,25-26,29,31-34H2,(H2,51,56)(H2,52,57)(H,53,58). The van der Waals surface area contributed by atoms with Crippen LogP contribution in [0.5, 0.6) is 5.75 Å². The molecule has 7 rings (SSSR count). The summed E-state index contributed by atoms with van der Waals surface area (Å²) in [5, 5.41) is 15.6. The number of hydrogen-bond donors (Lipinski definition) is 4. The molecule has 1 fully saturated rings. The minimum absolute atomic E-state index is 0.0357. The topological polar surface area (TPSA) is 184 Å². The summed E-state index contributed by atoms with van der Waals surface area (Å²) in [5.74, 6) is -1.45. The van der Waals surface area contributed by atoms with Crippen LogP contribution in [-0.2, 0) is 46.2 Å². The van der Waals surface area contributed by atoms with Crippen molar-refractivity contribution in [2.75, 3.05) is 6.35 Å². The highest BCUT2D eigenvalue weighted by atomic mass is 31.2. The highest BCUT2D eigenvalue weighted by Crippen LogP contribution is 2.50. The van der Waals surface area contributed by atoms with Crippen LogP contribution in [0.3, 0.4) is 0 Å². The van der Waals surface area contributed by atoms with Crippen molar-refractivity contribution in [3.8, 4) is 5.75 Å². The van der Waals surface area contributed by atoms with Crippen molar-refractivity contribution in [3.05, 3.63) is 208 Å². The SMILES string of the molecule is NC(=O)c1cccc(CC(c2cccc(OCP(=O)(OCc3ccccc3)OCc3ccccc3)c2)C2C(O)C(CCc3ccccc3)NC(=O)N2Cc2cccc(C(N)=O)c2)c1. The van der Waals surface area contributed by atoms with E-state index in [1.54, 1.807) is 65.6 Å². The Morgan fingerprint density at radius 1 is 0.667 bits per heavy atom. The Morgan fingerprint density at radius 2 is 1.19 bits per heavy atom. The first-order valence-electron chi connectivity index (χ1n) is 20.8. The largest absolute Gasteiger partial charge is 0.481 e. The predicted octanol–water partition coefficient (Wildman–Crippen LogP) is 8.13. The molecule has 0 spiro atoms. The molecule has 1 aliphatic heterocycles. The van der Waals surface area contributed by atoms with E-state index in [-0.39, 0.29) is 31.7 Å². The van der Waals surface area contributed by atoms with Crippen molar-refractivity contribution >= 4 is 25.4 Å². The number of hydrogen-bond acceptors (Lipinski definition) is 8. The number of aryl methyl sites for hydroxylation is 1. The third-order valence-electron chi connectivity index (χ3n) is 11.1. The second-order valence-electron chi connectivity index (χ2n) is 15.6. The van der Waals surface area contributed by atoms with Crippen LogP contribution in [0.4, 0.5) is 4.79 Å². The molecule has 1 saturated heterocycles. The van der Waals surface area contributed by atoms with Crippen LogP contribution in [0, 0.1) is 0 Å². The molecule has 6 aromatic rings. The van der Waals surface area contributed by atoms with E-state index in [1.807, 2.05) is 103 Å². The second-order valence-corrected chi connectivity index (χ2v) is 17.6. The first-order chi connectivity index (χ1) is 30.5. The number of primary amides is 2. The average molecular weight is 867 g/mol. The zero-order valence-corrected chi connectivity index (χ0v) is 35.6. The molecule has 1 aliphatic rings. The normalized spacial score (nSPS) is 16.8. The number of nitrogens with zero attached hydrogens (tertiary/aromatic N) is 1. The van der Waals surface area contributed by atoms with Crippen LogP contribution >= 0.6 is 7.60 Å². The van der Waals surface area contributed by atoms with E-state index >= 15 is 0 Å². The number of amides is 4. The fraction of sp³-hybridized carbons (Fsp3) is 0.220. The number of benzene rings is 6. The van der Waals surface area contributed by atoms with E-state index in [0.717, 1.165) is 22.3 Å². The molecular weight excluding hydrogens is 816 g/mol. The summed E-state index contributed by atoms with van der Waals surface area (Å²) in [6.45, 7) is 0.108. The van der Waals surface area contributed by atoms with E-state index in [9.17, 15) is 24.1 Å². The first-order valence-corrected chi connectivity index (χ1v) is 22.5. The molecule has 4 atom stereocenters. The number of carbonyl (C=O) groups excluding carboxylic acids is 3. The molecule has 0 aromatic heterocycles. The van der Waals surface area contributed by atoms with Gasteiger partial charge in [0.25, 0.3) is 0 Å². The summed E-state index contributed by atoms with van der Waals surface area (Å²) in [5.41, 5.74) is 16.7. The van der Waals surface area contributed by atoms with Gasteiger partial charge in [-0.25, -0.2) is 4.79 Å². The van der Waals surface area contributed by atoms with Crippen molar-refractivity contribution in [2.24, 2.45) is 11.5 Å². The van der Waals surface area contributed by atoms with E-state index in [1.165, 1.54) is 0 Å². The van der Waals surface area contributed by atoms with Gasteiger partial charge >= 0.3 is 13.6 Å². The zero-order chi connectivity index (χ0) is 44.2. The molecule has 12 nitrogen and oxygen atoms in total. The van der Waals surface area contributed by atoms with Crippen molar-refractivity contribution in [1.82, 2.24) is 10.2 Å². The van der Waals surface area contributed by atoms with Crippen molar-refractivity contribution in [1.29, 1.82) is 0 Å². The third-order valence-corrected chi connectivity index (χ3v) is 12.6. The minimum atomic E-state index is -3.87. The van der Waals surface area contributed by atoms with Crippen molar-refractivity contribution in [2.45, 2.75) is 63.1 Å². The molecule has 1 heterocycles. The Hall–Kier alpha value is -6.56. The fourth-order valence-corrected chi connectivity index (χ4v) is 9.10. The van der Waals surface area contributed by atoms with Gasteiger partial charge in [-0.05, 0) is 89.0 Å². The molecule has 0 bridgehead atoms. The van der Waals surface area contributed by atoms with Gasteiger partial charge in [-0.1, -0.05) is 127 Å². The number of urea groups is 1. The summed E-state index contributed by atoms with van der Waals surface area (Å²) in [6.07, 6.45) is -0.185. The summed E-state index contributed by atoms with van der Waals surface area (Å²) in [4.78, 5) is 40.5. The Morgan fingerprint density at radius 3 is 1.78 bits per heavy atom. The Balaban J connectivity index is 1.24. The maximum absolute atomic E-state index is 14.4. The molecule has 6 N–H and O–H groups in total. The Labute approximate surface area is 367 Å². The van der Waals surface area contributed by atoms with Gasteiger partial charge in [-0.2, -0.15) is 0 Å². The van der Waals surface area contributed by atoms with Crippen LogP contribution in [-0.4, -0.2) is 52.4 Å². The predicted molar refractivity (Wildman–Crippen MR) is 241 cm³/mol. The van der Waals surface area contributed by atoms with Gasteiger partial charge in [0.1, 0.15) is 5.75 Å². The smallest absolute Gasteiger partial charge is 0.368 e. The van der Waals surface area contributed by atoms with E-state index < -0.39 is 55.9 Å². The van der Waals surface area contributed by atoms with Crippen LogP contribution in [0.1, 0.15) is 66.4 Å². The van der Waals surface area contributed by atoms with Crippen LogP contribution < -0.4 is 21.5 Å². The quantitative estimate of drug-likeness (QED) is 0.0555. The summed E-state index contributed by atoms with van der Waals surface area (Å²) in [6, 6.07) is 47.6. The van der Waals surface area contributed by atoms with Gasteiger partial charge < -0.3 is 40.6 Å². The van der Waals surface area contributed by atoms with Gasteiger partial charge in [-0.15, -0.1) is 0 Å². The van der Waals surface area contributed by atoms with E-state index in [2.05, 4.69) is 5.32 Å². The molecule has 4 amide bonds. The Bertz CT molecular complexity index is 2480. The molecule has 0 saturated carbocycles. The van der Waals surface area contributed by atoms with Gasteiger partial charge in [0.05, 0.1) is 31.4 Å². The number of aliphatic hydroxyl groups excluding tert-OH is 1. The average Bonchev–Trinajstić information content (AvgIpc) is 3.31. The van der Waals surface area contributed by atoms with Gasteiger partial charge in [0.2, 0.25) is 11.8 Å². The molecule has 0 aliphatic carbocycles. The number of nitrogens with two attached hydrogens (primary N) is 2. The number of carbonyl (C=O) groups is 3. The molecule has 13 heteroatoms. The number of rotatable bonds is 20. The highest BCUT2D eigenvalue weighted by Gasteiger charge is 2.45. The lowest BCUT2D eigenvalue weighted by Gasteiger charge is -2.47. The minimum Gasteiger partial charge on any atom is -0.481 e. The maximum atomic E-state index is 14.4. The van der Waals surface area contributed by atoms with Crippen LogP contribution in [0.2, 0.25) is 0 Å². The van der Waals surface area contributed by atoms with Crippen molar-refractivity contribution in [3.63, 3.8) is 0 Å².